The number of nitrogens with two attached hydrogens (primary N) is 1. The molecule has 1 aromatic carbocycles. The van der Waals surface area contributed by atoms with Gasteiger partial charge in [-0.05, 0) is 43.9 Å². The van der Waals surface area contributed by atoms with Crippen LogP contribution >= 0.6 is 0 Å². The van der Waals surface area contributed by atoms with Crippen molar-refractivity contribution in [2.24, 2.45) is 5.73 Å². The third kappa shape index (κ3) is 5.56. The van der Waals surface area contributed by atoms with Gasteiger partial charge in [-0.25, -0.2) is 0 Å². The molecular weight excluding hydrogens is 411 g/mol. The Bertz CT molecular complexity index is 926. The number of alkyl halides is 3. The van der Waals surface area contributed by atoms with E-state index in [1.54, 1.807) is 4.90 Å². The summed E-state index contributed by atoms with van der Waals surface area (Å²) in [7, 11) is 0. The molecule has 2 heterocycles. The second-order valence-corrected chi connectivity index (χ2v) is 7.30. The molecule has 168 valence electrons. The zero-order valence-corrected chi connectivity index (χ0v) is 17.3. The Balaban J connectivity index is 1.78. The van der Waals surface area contributed by atoms with Crippen molar-refractivity contribution in [1.82, 2.24) is 15.0 Å². The van der Waals surface area contributed by atoms with E-state index in [2.05, 4.69) is 17.1 Å². The Morgan fingerprint density at radius 3 is 2.84 bits per heavy atom. The summed E-state index contributed by atoms with van der Waals surface area (Å²) in [6.45, 7) is 2.80. The van der Waals surface area contributed by atoms with Gasteiger partial charge in [-0.3, -0.25) is 5.41 Å². The third-order valence-electron chi connectivity index (χ3n) is 5.00. The van der Waals surface area contributed by atoms with Crippen LogP contribution in [0.25, 0.3) is 11.4 Å². The highest BCUT2D eigenvalue weighted by atomic mass is 19.4. The molecule has 1 atom stereocenters. The highest BCUT2D eigenvalue weighted by Gasteiger charge is 2.36. The highest BCUT2D eigenvalue weighted by molar-refractivity contribution is 5.75. The van der Waals surface area contributed by atoms with Gasteiger partial charge in [0.05, 0.1) is 12.2 Å². The smallest absolute Gasteiger partial charge is 0.419 e. The van der Waals surface area contributed by atoms with Gasteiger partial charge in [0.1, 0.15) is 11.8 Å². The van der Waals surface area contributed by atoms with E-state index in [1.165, 1.54) is 12.1 Å². The molecule has 3 rings (SSSR count). The summed E-state index contributed by atoms with van der Waals surface area (Å²) in [5.41, 5.74) is 4.86. The number of allylic oxidation sites excluding steroid dienone is 1. The quantitative estimate of drug-likeness (QED) is 0.263. The largest absolute Gasteiger partial charge is 0.493 e. The minimum atomic E-state index is -4.59. The Hall–Kier alpha value is -3.04. The zero-order chi connectivity index (χ0) is 22.4. The Morgan fingerprint density at radius 1 is 1.35 bits per heavy atom. The van der Waals surface area contributed by atoms with Gasteiger partial charge in [0.25, 0.3) is 0 Å². The van der Waals surface area contributed by atoms with Crippen LogP contribution in [0.3, 0.4) is 0 Å². The Labute approximate surface area is 178 Å². The number of likely N-dealkylation sites (tertiary alicyclic amines) is 1. The zero-order valence-electron chi connectivity index (χ0n) is 17.3. The molecule has 1 aromatic heterocycles. The average Bonchev–Trinajstić information content (AvgIpc) is 3.39. The number of ether oxygens (including phenoxy) is 1. The van der Waals surface area contributed by atoms with Crippen LogP contribution in [0.15, 0.2) is 34.9 Å². The van der Waals surface area contributed by atoms with Crippen molar-refractivity contribution in [3.8, 4) is 17.1 Å². The summed E-state index contributed by atoms with van der Waals surface area (Å²) in [5, 5.41) is 11.5. The molecule has 0 aliphatic carbocycles. The minimum absolute atomic E-state index is 0.0463. The summed E-state index contributed by atoms with van der Waals surface area (Å²) in [4.78, 5) is 5.89. The number of nitrogens with one attached hydrogen (secondary N) is 1. The van der Waals surface area contributed by atoms with Crippen molar-refractivity contribution in [2.75, 3.05) is 13.2 Å². The lowest BCUT2D eigenvalue weighted by molar-refractivity contribution is -0.138. The lowest BCUT2D eigenvalue weighted by atomic mass is 10.1. The number of nitrogens with zero attached hydrogens (tertiary/aromatic N) is 3. The molecule has 3 N–H and O–H groups in total. The van der Waals surface area contributed by atoms with E-state index < -0.39 is 11.7 Å². The van der Waals surface area contributed by atoms with E-state index in [1.807, 2.05) is 12.2 Å². The molecule has 1 aliphatic heterocycles. The molecule has 1 fully saturated rings. The molecule has 0 saturated carbocycles. The second-order valence-electron chi connectivity index (χ2n) is 7.30. The summed E-state index contributed by atoms with van der Waals surface area (Å²) < 4.78 is 51.5. The highest BCUT2D eigenvalue weighted by Crippen LogP contribution is 2.39. The van der Waals surface area contributed by atoms with Crippen LogP contribution in [0.2, 0.25) is 0 Å². The molecular formula is C21H26F3N5O2. The lowest BCUT2D eigenvalue weighted by Crippen LogP contribution is -2.35. The SMILES string of the molecule is CCCC=CCCOc1ccc(-c2noc(C3CCCN3C(=N)N)n2)cc1C(F)(F)F. The Morgan fingerprint density at radius 2 is 2.13 bits per heavy atom. The van der Waals surface area contributed by atoms with Crippen LogP contribution in [-0.4, -0.2) is 34.2 Å². The molecule has 0 amide bonds. The fourth-order valence-corrected chi connectivity index (χ4v) is 3.46. The molecule has 1 saturated heterocycles. The summed E-state index contributed by atoms with van der Waals surface area (Å²) in [5.74, 6) is -0.0598. The average molecular weight is 437 g/mol. The number of rotatable bonds is 8. The molecule has 7 nitrogen and oxygen atoms in total. The van der Waals surface area contributed by atoms with E-state index in [4.69, 9.17) is 20.4 Å². The van der Waals surface area contributed by atoms with Crippen LogP contribution in [0.4, 0.5) is 13.2 Å². The number of benzene rings is 1. The molecule has 10 heteroatoms. The minimum Gasteiger partial charge on any atom is -0.493 e. The summed E-state index contributed by atoms with van der Waals surface area (Å²) >= 11 is 0. The van der Waals surface area contributed by atoms with Gasteiger partial charge in [0, 0.05) is 12.1 Å². The standard InChI is InChI=1S/C21H26F3N5O2/c1-2-3-4-5-6-12-30-17-10-9-14(13-15(17)21(22,23)24)18-27-19(31-28-18)16-8-7-11-29(16)20(25)26/h4-5,9-10,13,16H,2-3,6-8,11-12H2,1H3,(H3,25,26). The number of hydrogen-bond donors (Lipinski definition) is 2. The number of guanidine groups is 1. The fraction of sp³-hybridized carbons (Fsp3) is 0.476. The number of hydrogen-bond acceptors (Lipinski definition) is 5. The number of aromatic nitrogens is 2. The van der Waals surface area contributed by atoms with E-state index in [0.29, 0.717) is 19.4 Å². The molecule has 1 aliphatic rings. The second kappa shape index (κ2) is 9.84. The van der Waals surface area contributed by atoms with E-state index in [9.17, 15) is 13.2 Å². The van der Waals surface area contributed by atoms with Gasteiger partial charge in [-0.1, -0.05) is 30.7 Å². The van der Waals surface area contributed by atoms with Gasteiger partial charge in [-0.2, -0.15) is 18.2 Å². The van der Waals surface area contributed by atoms with Crippen LogP contribution < -0.4 is 10.5 Å². The maximum atomic E-state index is 13.6. The predicted octanol–water partition coefficient (Wildman–Crippen LogP) is 4.91. The first-order chi connectivity index (χ1) is 14.8. The monoisotopic (exact) mass is 437 g/mol. The first-order valence-corrected chi connectivity index (χ1v) is 10.2. The van der Waals surface area contributed by atoms with Gasteiger partial charge >= 0.3 is 6.18 Å². The Kier molecular flexibility index (Phi) is 7.19. The van der Waals surface area contributed by atoms with Crippen molar-refractivity contribution >= 4 is 5.96 Å². The first-order valence-electron chi connectivity index (χ1n) is 10.2. The van der Waals surface area contributed by atoms with Crippen LogP contribution in [0.1, 0.15) is 56.5 Å². The van der Waals surface area contributed by atoms with Crippen molar-refractivity contribution in [3.63, 3.8) is 0 Å². The van der Waals surface area contributed by atoms with Crippen molar-refractivity contribution in [3.05, 3.63) is 41.8 Å². The van der Waals surface area contributed by atoms with Crippen LogP contribution in [0.5, 0.6) is 5.75 Å². The molecule has 31 heavy (non-hydrogen) atoms. The van der Waals surface area contributed by atoms with Crippen LogP contribution in [0, 0.1) is 5.41 Å². The summed E-state index contributed by atoms with van der Waals surface area (Å²) in [6, 6.07) is 3.38. The van der Waals surface area contributed by atoms with Gasteiger partial charge in [0.2, 0.25) is 11.7 Å². The first kappa shape index (κ1) is 22.6. The fourth-order valence-electron chi connectivity index (χ4n) is 3.46. The third-order valence-corrected chi connectivity index (χ3v) is 5.00. The van der Waals surface area contributed by atoms with Crippen molar-refractivity contribution in [2.45, 2.75) is 51.2 Å². The molecule has 0 bridgehead atoms. The lowest BCUT2D eigenvalue weighted by Gasteiger charge is -2.21. The maximum absolute atomic E-state index is 13.6. The normalized spacial score (nSPS) is 16.9. The maximum Gasteiger partial charge on any atom is 0.419 e. The molecule has 2 aromatic rings. The van der Waals surface area contributed by atoms with E-state index in [0.717, 1.165) is 25.3 Å². The van der Waals surface area contributed by atoms with Gasteiger partial charge in [0.15, 0.2) is 5.96 Å². The van der Waals surface area contributed by atoms with Crippen LogP contribution in [-0.2, 0) is 6.18 Å². The van der Waals surface area contributed by atoms with Crippen molar-refractivity contribution < 1.29 is 22.4 Å². The van der Waals surface area contributed by atoms with Gasteiger partial charge < -0.3 is 19.9 Å². The van der Waals surface area contributed by atoms with E-state index >= 15 is 0 Å². The molecule has 0 spiro atoms. The predicted molar refractivity (Wildman–Crippen MR) is 109 cm³/mol. The van der Waals surface area contributed by atoms with Crippen molar-refractivity contribution in [1.29, 1.82) is 5.41 Å². The number of halogens is 3. The van der Waals surface area contributed by atoms with E-state index in [-0.39, 0.29) is 41.6 Å². The number of unbranched alkanes of at least 4 members (excludes halogenated alkanes) is 1. The molecule has 1 unspecified atom stereocenters. The summed E-state index contributed by atoms with van der Waals surface area (Å²) in [6.07, 6.45) is 3.26. The van der Waals surface area contributed by atoms with Gasteiger partial charge in [-0.15, -0.1) is 0 Å². The topological polar surface area (TPSA) is 101 Å². The molecule has 0 radical (unpaired) electrons.